The molecule has 1 atom stereocenters. The summed E-state index contributed by atoms with van der Waals surface area (Å²) in [6.45, 7) is 3.74. The van der Waals surface area contributed by atoms with E-state index in [1.165, 1.54) is 11.3 Å². The van der Waals surface area contributed by atoms with Gasteiger partial charge in [0.25, 0.3) is 0 Å². The van der Waals surface area contributed by atoms with Crippen LogP contribution in [0.2, 0.25) is 0 Å². The van der Waals surface area contributed by atoms with Gasteiger partial charge in [-0.3, -0.25) is 0 Å². The maximum Gasteiger partial charge on any atom is 0.0585 e. The number of nitrogens with zero attached hydrogens (tertiary/aromatic N) is 1. The van der Waals surface area contributed by atoms with E-state index >= 15 is 0 Å². The molecule has 100 valence electrons. The predicted molar refractivity (Wildman–Crippen MR) is 76.1 cm³/mol. The molecule has 0 amide bonds. The molecule has 2 rings (SSSR count). The maximum atomic E-state index is 5.87. The van der Waals surface area contributed by atoms with Crippen LogP contribution in [-0.4, -0.2) is 33.4 Å². The van der Waals surface area contributed by atoms with Crippen LogP contribution in [0.1, 0.15) is 25.3 Å². The summed E-state index contributed by atoms with van der Waals surface area (Å²) in [5.74, 6) is 0. The first-order valence-electron chi connectivity index (χ1n) is 6.65. The molecule has 0 saturated carbocycles. The van der Waals surface area contributed by atoms with Crippen LogP contribution >= 0.6 is 0 Å². The van der Waals surface area contributed by atoms with Crippen LogP contribution in [0.25, 0.3) is 0 Å². The standard InChI is InChI=1S/C15H24N2O/c1-12(16)8-9-15(10-18-11-15)13-4-6-14(7-5-13)17(2)3/h4-7,12H,8-11,16H2,1-3H3. The Labute approximate surface area is 110 Å². The fourth-order valence-corrected chi connectivity index (χ4v) is 2.42. The Bertz CT molecular complexity index is 380. The smallest absolute Gasteiger partial charge is 0.0585 e. The van der Waals surface area contributed by atoms with Gasteiger partial charge in [0.2, 0.25) is 0 Å². The molecule has 0 bridgehead atoms. The minimum absolute atomic E-state index is 0.207. The van der Waals surface area contributed by atoms with Crippen molar-refractivity contribution in [2.45, 2.75) is 31.2 Å². The summed E-state index contributed by atoms with van der Waals surface area (Å²) < 4.78 is 5.45. The highest BCUT2D eigenvalue weighted by atomic mass is 16.5. The van der Waals surface area contributed by atoms with E-state index in [9.17, 15) is 0 Å². The predicted octanol–water partition coefficient (Wildman–Crippen LogP) is 2.15. The monoisotopic (exact) mass is 248 g/mol. The number of nitrogens with two attached hydrogens (primary N) is 1. The molecule has 1 saturated heterocycles. The van der Waals surface area contributed by atoms with Crippen LogP contribution < -0.4 is 10.6 Å². The van der Waals surface area contributed by atoms with Gasteiger partial charge in [-0.05, 0) is 37.5 Å². The van der Waals surface area contributed by atoms with Gasteiger partial charge in [-0.2, -0.15) is 0 Å². The zero-order valence-electron chi connectivity index (χ0n) is 11.6. The Balaban J connectivity index is 2.12. The quantitative estimate of drug-likeness (QED) is 0.867. The van der Waals surface area contributed by atoms with E-state index < -0.39 is 0 Å². The van der Waals surface area contributed by atoms with Gasteiger partial charge in [0, 0.05) is 31.2 Å². The molecule has 3 nitrogen and oxygen atoms in total. The number of benzene rings is 1. The minimum Gasteiger partial charge on any atom is -0.379 e. The molecule has 2 N–H and O–H groups in total. The number of hydrogen-bond donors (Lipinski definition) is 1. The van der Waals surface area contributed by atoms with Crippen molar-refractivity contribution < 1.29 is 4.74 Å². The van der Waals surface area contributed by atoms with Gasteiger partial charge in [-0.1, -0.05) is 12.1 Å². The van der Waals surface area contributed by atoms with E-state index in [4.69, 9.17) is 10.5 Å². The SMILES string of the molecule is CC(N)CCC1(c2ccc(N(C)C)cc2)COC1. The van der Waals surface area contributed by atoms with E-state index in [0.29, 0.717) is 0 Å². The summed E-state index contributed by atoms with van der Waals surface area (Å²) in [5, 5.41) is 0. The lowest BCUT2D eigenvalue weighted by atomic mass is 9.74. The van der Waals surface area contributed by atoms with Gasteiger partial charge in [-0.25, -0.2) is 0 Å². The summed E-state index contributed by atoms with van der Waals surface area (Å²) in [6.07, 6.45) is 2.17. The van der Waals surface area contributed by atoms with Crippen LogP contribution in [0.15, 0.2) is 24.3 Å². The van der Waals surface area contributed by atoms with Crippen LogP contribution in [0.3, 0.4) is 0 Å². The fraction of sp³-hybridized carbons (Fsp3) is 0.600. The van der Waals surface area contributed by atoms with E-state index in [1.807, 2.05) is 0 Å². The van der Waals surface area contributed by atoms with Crippen molar-refractivity contribution in [2.75, 3.05) is 32.2 Å². The lowest BCUT2D eigenvalue weighted by Crippen LogP contribution is -2.47. The van der Waals surface area contributed by atoms with Crippen LogP contribution in [-0.2, 0) is 10.2 Å². The molecule has 1 heterocycles. The number of hydrogen-bond acceptors (Lipinski definition) is 3. The largest absolute Gasteiger partial charge is 0.379 e. The molecule has 1 unspecified atom stereocenters. The number of ether oxygens (including phenoxy) is 1. The molecule has 1 aliphatic heterocycles. The summed E-state index contributed by atoms with van der Waals surface area (Å²) in [6, 6.07) is 9.10. The molecule has 0 spiro atoms. The first-order chi connectivity index (χ1) is 8.53. The first-order valence-corrected chi connectivity index (χ1v) is 6.65. The second-order valence-corrected chi connectivity index (χ2v) is 5.73. The number of rotatable bonds is 5. The summed E-state index contributed by atoms with van der Waals surface area (Å²) in [7, 11) is 4.13. The molecule has 1 aromatic rings. The van der Waals surface area contributed by atoms with Gasteiger partial charge < -0.3 is 15.4 Å². The molecule has 1 aliphatic rings. The van der Waals surface area contributed by atoms with Crippen molar-refractivity contribution in [3.05, 3.63) is 29.8 Å². The maximum absolute atomic E-state index is 5.87. The van der Waals surface area contributed by atoms with Gasteiger partial charge >= 0.3 is 0 Å². The topological polar surface area (TPSA) is 38.5 Å². The zero-order valence-corrected chi connectivity index (χ0v) is 11.6. The molecular formula is C15H24N2O. The van der Waals surface area contributed by atoms with Crippen molar-refractivity contribution in [1.82, 2.24) is 0 Å². The van der Waals surface area contributed by atoms with Crippen molar-refractivity contribution in [1.29, 1.82) is 0 Å². The van der Waals surface area contributed by atoms with Crippen LogP contribution in [0, 0.1) is 0 Å². The minimum atomic E-state index is 0.207. The third kappa shape index (κ3) is 2.68. The van der Waals surface area contributed by atoms with Crippen LogP contribution in [0.5, 0.6) is 0 Å². The fourth-order valence-electron chi connectivity index (χ4n) is 2.42. The molecular weight excluding hydrogens is 224 g/mol. The Morgan fingerprint density at radius 2 is 1.89 bits per heavy atom. The number of anilines is 1. The molecule has 0 aromatic heterocycles. The van der Waals surface area contributed by atoms with Gasteiger partial charge in [0.1, 0.15) is 0 Å². The van der Waals surface area contributed by atoms with E-state index in [-0.39, 0.29) is 11.5 Å². The highest BCUT2D eigenvalue weighted by Gasteiger charge is 2.39. The van der Waals surface area contributed by atoms with Crippen molar-refractivity contribution >= 4 is 5.69 Å². The second-order valence-electron chi connectivity index (χ2n) is 5.73. The van der Waals surface area contributed by atoms with E-state index in [0.717, 1.165) is 26.1 Å². The summed E-state index contributed by atoms with van der Waals surface area (Å²) in [4.78, 5) is 2.12. The zero-order chi connectivity index (χ0) is 13.2. The lowest BCUT2D eigenvalue weighted by molar-refractivity contribution is -0.0656. The molecule has 18 heavy (non-hydrogen) atoms. The third-order valence-electron chi connectivity index (χ3n) is 3.83. The van der Waals surface area contributed by atoms with Gasteiger partial charge in [0.05, 0.1) is 13.2 Å². The molecule has 0 aliphatic carbocycles. The van der Waals surface area contributed by atoms with Crippen LogP contribution in [0.4, 0.5) is 5.69 Å². The Morgan fingerprint density at radius 1 is 1.28 bits per heavy atom. The van der Waals surface area contributed by atoms with Gasteiger partial charge in [0.15, 0.2) is 0 Å². The normalized spacial score (nSPS) is 19.1. The Kier molecular flexibility index (Phi) is 3.93. The highest BCUT2D eigenvalue weighted by Crippen LogP contribution is 2.37. The average Bonchev–Trinajstić information content (AvgIpc) is 2.28. The summed E-state index contributed by atoms with van der Waals surface area (Å²) >= 11 is 0. The Morgan fingerprint density at radius 3 is 2.28 bits per heavy atom. The third-order valence-corrected chi connectivity index (χ3v) is 3.83. The first kappa shape index (κ1) is 13.4. The molecule has 1 aromatic carbocycles. The molecule has 1 fully saturated rings. The van der Waals surface area contributed by atoms with Gasteiger partial charge in [-0.15, -0.1) is 0 Å². The summed E-state index contributed by atoms with van der Waals surface area (Å²) in [5.41, 5.74) is 8.71. The molecule has 0 radical (unpaired) electrons. The van der Waals surface area contributed by atoms with Crippen molar-refractivity contribution in [3.8, 4) is 0 Å². The van der Waals surface area contributed by atoms with E-state index in [1.54, 1.807) is 0 Å². The van der Waals surface area contributed by atoms with E-state index in [2.05, 4.69) is 50.2 Å². The lowest BCUT2D eigenvalue weighted by Gasteiger charge is -2.42. The highest BCUT2D eigenvalue weighted by molar-refractivity contribution is 5.47. The van der Waals surface area contributed by atoms with Crippen molar-refractivity contribution in [3.63, 3.8) is 0 Å². The average molecular weight is 248 g/mol. The van der Waals surface area contributed by atoms with Crippen molar-refractivity contribution in [2.24, 2.45) is 5.73 Å². The second kappa shape index (κ2) is 5.29. The molecule has 3 heteroatoms. The Hall–Kier alpha value is -1.06.